The van der Waals surface area contributed by atoms with Crippen molar-refractivity contribution < 1.29 is 10.0 Å². The van der Waals surface area contributed by atoms with Crippen molar-refractivity contribution in [2.75, 3.05) is 5.32 Å². The van der Waals surface area contributed by atoms with Crippen LogP contribution in [-0.2, 0) is 6.42 Å². The quantitative estimate of drug-likeness (QED) is 0.342. The number of hydrogen-bond acceptors (Lipinski definition) is 5. The maximum Gasteiger partial charge on any atom is 0.275 e. The monoisotopic (exact) mass is 276 g/mol. The van der Waals surface area contributed by atoms with Gasteiger partial charge in [0.1, 0.15) is 11.5 Å². The second-order valence-electron chi connectivity index (χ2n) is 3.79. The molecule has 19 heavy (non-hydrogen) atoms. The lowest BCUT2D eigenvalue weighted by molar-refractivity contribution is 0.102. The molecule has 6 nitrogen and oxygen atoms in total. The van der Waals surface area contributed by atoms with E-state index in [0.29, 0.717) is 17.8 Å². The van der Waals surface area contributed by atoms with Crippen LogP contribution < -0.4 is 11.1 Å². The molecule has 0 aliphatic rings. The van der Waals surface area contributed by atoms with Crippen molar-refractivity contribution in [3.05, 3.63) is 46.4 Å². The van der Waals surface area contributed by atoms with Gasteiger partial charge in [-0.05, 0) is 17.7 Å². The summed E-state index contributed by atoms with van der Waals surface area (Å²) < 4.78 is 0. The highest BCUT2D eigenvalue weighted by Crippen LogP contribution is 2.12. The molecule has 0 fully saturated rings. The van der Waals surface area contributed by atoms with Gasteiger partial charge < -0.3 is 16.3 Å². The number of aromatic nitrogens is 1. The Labute approximate surface area is 113 Å². The molecule has 0 atom stereocenters. The van der Waals surface area contributed by atoms with Crippen LogP contribution in [0.4, 0.5) is 5.69 Å². The molecule has 7 heteroatoms. The number of nitrogens with two attached hydrogens (primary N) is 1. The molecular weight excluding hydrogens is 264 g/mol. The van der Waals surface area contributed by atoms with E-state index in [2.05, 4.69) is 15.5 Å². The minimum Gasteiger partial charge on any atom is -0.409 e. The van der Waals surface area contributed by atoms with Crippen LogP contribution in [-0.4, -0.2) is 21.9 Å². The number of carbonyl (C=O) groups excluding carboxylic acids is 1. The number of thiazole rings is 1. The van der Waals surface area contributed by atoms with Gasteiger partial charge in [0.15, 0.2) is 0 Å². The lowest BCUT2D eigenvalue weighted by Gasteiger charge is -2.05. The van der Waals surface area contributed by atoms with Crippen molar-refractivity contribution in [3.8, 4) is 0 Å². The molecule has 0 saturated carbocycles. The van der Waals surface area contributed by atoms with E-state index in [0.717, 1.165) is 5.56 Å². The zero-order chi connectivity index (χ0) is 13.7. The first-order valence-corrected chi connectivity index (χ1v) is 6.38. The highest BCUT2D eigenvalue weighted by atomic mass is 32.1. The molecule has 0 bridgehead atoms. The minimum atomic E-state index is -0.245. The van der Waals surface area contributed by atoms with Gasteiger partial charge in [0.05, 0.1) is 5.51 Å². The van der Waals surface area contributed by atoms with Crippen LogP contribution in [0, 0.1) is 0 Å². The first-order valence-electron chi connectivity index (χ1n) is 5.44. The van der Waals surface area contributed by atoms with Gasteiger partial charge in [-0.15, -0.1) is 11.3 Å². The lowest BCUT2D eigenvalue weighted by Crippen LogP contribution is -2.15. The summed E-state index contributed by atoms with van der Waals surface area (Å²) in [6.07, 6.45) is 0.358. The molecule has 4 N–H and O–H groups in total. The van der Waals surface area contributed by atoms with Crippen molar-refractivity contribution in [1.82, 2.24) is 4.98 Å². The average molecular weight is 276 g/mol. The summed E-state index contributed by atoms with van der Waals surface area (Å²) in [7, 11) is 0. The van der Waals surface area contributed by atoms with Crippen molar-refractivity contribution in [3.63, 3.8) is 0 Å². The summed E-state index contributed by atoms with van der Waals surface area (Å²) in [5, 5.41) is 15.8. The fourth-order valence-electron chi connectivity index (χ4n) is 1.47. The summed E-state index contributed by atoms with van der Waals surface area (Å²) in [5.74, 6) is -0.107. The first kappa shape index (κ1) is 13.0. The Morgan fingerprint density at radius 1 is 1.42 bits per heavy atom. The summed E-state index contributed by atoms with van der Waals surface area (Å²) in [4.78, 5) is 15.7. The molecule has 1 amide bonds. The van der Waals surface area contributed by atoms with E-state index in [4.69, 9.17) is 10.9 Å². The van der Waals surface area contributed by atoms with Crippen molar-refractivity contribution in [2.45, 2.75) is 6.42 Å². The Morgan fingerprint density at radius 3 is 2.74 bits per heavy atom. The zero-order valence-corrected chi connectivity index (χ0v) is 10.7. The molecule has 98 valence electrons. The highest BCUT2D eigenvalue weighted by molar-refractivity contribution is 7.07. The fourth-order valence-corrected chi connectivity index (χ4v) is 2.00. The Hall–Kier alpha value is -2.41. The van der Waals surface area contributed by atoms with E-state index in [1.54, 1.807) is 35.2 Å². The Bertz CT molecular complexity index is 578. The topological polar surface area (TPSA) is 101 Å². The molecule has 0 aliphatic heterocycles. The number of benzene rings is 1. The van der Waals surface area contributed by atoms with Gasteiger partial charge in [-0.1, -0.05) is 17.3 Å². The Balaban J connectivity index is 2.01. The number of amides is 1. The highest BCUT2D eigenvalue weighted by Gasteiger charge is 2.07. The first-order chi connectivity index (χ1) is 9.19. The fraction of sp³-hybridized carbons (Fsp3) is 0.0833. The molecule has 0 unspecified atom stereocenters. The van der Waals surface area contributed by atoms with Crippen LogP contribution in [0.2, 0.25) is 0 Å². The molecule has 0 aliphatic carbocycles. The van der Waals surface area contributed by atoms with E-state index in [1.165, 1.54) is 11.3 Å². The van der Waals surface area contributed by atoms with E-state index in [9.17, 15) is 4.79 Å². The Kier molecular flexibility index (Phi) is 4.09. The summed E-state index contributed by atoms with van der Waals surface area (Å²) in [6.45, 7) is 0. The molecule has 1 aromatic carbocycles. The van der Waals surface area contributed by atoms with Crippen molar-refractivity contribution >= 4 is 28.8 Å². The minimum absolute atomic E-state index is 0.138. The number of nitrogens with one attached hydrogen (secondary N) is 1. The van der Waals surface area contributed by atoms with Gasteiger partial charge >= 0.3 is 0 Å². The van der Waals surface area contributed by atoms with Gasteiger partial charge in [-0.3, -0.25) is 4.79 Å². The van der Waals surface area contributed by atoms with Crippen molar-refractivity contribution in [1.29, 1.82) is 0 Å². The van der Waals surface area contributed by atoms with Crippen LogP contribution in [0.1, 0.15) is 16.1 Å². The summed E-state index contributed by atoms with van der Waals surface area (Å²) in [6, 6.07) is 7.11. The molecule has 1 aromatic heterocycles. The van der Waals surface area contributed by atoms with Crippen LogP contribution >= 0.6 is 11.3 Å². The standard InChI is InChI=1S/C12H12N4O2S/c13-11(16-18)5-8-1-3-9(4-2-8)15-12(17)10-6-19-7-14-10/h1-4,6-7,18H,5H2,(H2,13,16)(H,15,17). The van der Waals surface area contributed by atoms with E-state index >= 15 is 0 Å². The van der Waals surface area contributed by atoms with E-state index < -0.39 is 0 Å². The number of nitrogens with zero attached hydrogens (tertiary/aromatic N) is 2. The van der Waals surface area contributed by atoms with Crippen LogP contribution in [0.25, 0.3) is 0 Å². The maximum atomic E-state index is 11.7. The summed E-state index contributed by atoms with van der Waals surface area (Å²) in [5.41, 5.74) is 8.97. The molecule has 2 rings (SSSR count). The van der Waals surface area contributed by atoms with Crippen LogP contribution in [0.15, 0.2) is 40.3 Å². The number of carbonyl (C=O) groups is 1. The molecule has 0 saturated heterocycles. The molecular formula is C12H12N4O2S. The predicted octanol–water partition coefficient (Wildman–Crippen LogP) is 1.68. The molecule has 2 aromatic rings. The van der Waals surface area contributed by atoms with Crippen LogP contribution in [0.3, 0.4) is 0 Å². The van der Waals surface area contributed by atoms with Gasteiger partial charge in [0.2, 0.25) is 0 Å². The largest absolute Gasteiger partial charge is 0.409 e. The third kappa shape index (κ3) is 3.52. The number of anilines is 1. The number of rotatable bonds is 4. The SMILES string of the molecule is NC(Cc1ccc(NC(=O)c2cscn2)cc1)=NO. The van der Waals surface area contributed by atoms with E-state index in [-0.39, 0.29) is 11.7 Å². The van der Waals surface area contributed by atoms with Gasteiger partial charge in [0, 0.05) is 17.5 Å². The molecule has 0 spiro atoms. The second kappa shape index (κ2) is 5.96. The van der Waals surface area contributed by atoms with Crippen molar-refractivity contribution in [2.24, 2.45) is 10.9 Å². The van der Waals surface area contributed by atoms with Gasteiger partial charge in [-0.25, -0.2) is 4.98 Å². The van der Waals surface area contributed by atoms with Crippen LogP contribution in [0.5, 0.6) is 0 Å². The third-order valence-electron chi connectivity index (χ3n) is 2.39. The number of amidine groups is 1. The predicted molar refractivity (Wildman–Crippen MR) is 73.6 cm³/mol. The second-order valence-corrected chi connectivity index (χ2v) is 4.51. The summed E-state index contributed by atoms with van der Waals surface area (Å²) >= 11 is 1.37. The maximum absolute atomic E-state index is 11.7. The normalized spacial score (nSPS) is 11.3. The van der Waals surface area contributed by atoms with Gasteiger partial charge in [0.25, 0.3) is 5.91 Å². The third-order valence-corrected chi connectivity index (χ3v) is 2.98. The molecule has 0 radical (unpaired) electrons. The van der Waals surface area contributed by atoms with Gasteiger partial charge in [-0.2, -0.15) is 0 Å². The number of hydrogen-bond donors (Lipinski definition) is 3. The molecule has 1 heterocycles. The Morgan fingerprint density at radius 2 is 2.16 bits per heavy atom. The smallest absolute Gasteiger partial charge is 0.275 e. The number of oxime groups is 1. The lowest BCUT2D eigenvalue weighted by atomic mass is 10.1. The van der Waals surface area contributed by atoms with E-state index in [1.807, 2.05) is 0 Å². The zero-order valence-electron chi connectivity index (χ0n) is 9.91. The average Bonchev–Trinajstić information content (AvgIpc) is 2.95.